The van der Waals surface area contributed by atoms with Crippen LogP contribution in [0.2, 0.25) is 0 Å². The van der Waals surface area contributed by atoms with Crippen molar-refractivity contribution >= 4 is 23.7 Å². The zero-order chi connectivity index (χ0) is 17.9. The topological polar surface area (TPSA) is 133 Å². The first-order valence-corrected chi connectivity index (χ1v) is 8.19. The molecule has 2 aliphatic rings. The second-order valence-corrected chi connectivity index (χ2v) is 6.28. The summed E-state index contributed by atoms with van der Waals surface area (Å²) in [5.41, 5.74) is 5.42. The van der Waals surface area contributed by atoms with E-state index in [-0.39, 0.29) is 18.4 Å². The molecule has 4 N–H and O–H groups in total. The van der Waals surface area contributed by atoms with E-state index in [1.54, 1.807) is 0 Å². The first kappa shape index (κ1) is 18.2. The van der Waals surface area contributed by atoms with Gasteiger partial charge in [-0.3, -0.25) is 14.4 Å². The van der Waals surface area contributed by atoms with Crippen LogP contribution in [0.3, 0.4) is 0 Å². The van der Waals surface area contributed by atoms with E-state index in [1.807, 2.05) is 0 Å². The van der Waals surface area contributed by atoms with Gasteiger partial charge < -0.3 is 26.0 Å². The smallest absolute Gasteiger partial charge is 0.326 e. The van der Waals surface area contributed by atoms with Crippen molar-refractivity contribution in [1.82, 2.24) is 15.1 Å². The van der Waals surface area contributed by atoms with Gasteiger partial charge in [-0.25, -0.2) is 4.79 Å². The van der Waals surface area contributed by atoms with Crippen molar-refractivity contribution in [1.29, 1.82) is 0 Å². The molecule has 2 aliphatic heterocycles. The summed E-state index contributed by atoms with van der Waals surface area (Å²) in [6.07, 6.45) is 2.27. The zero-order valence-corrected chi connectivity index (χ0v) is 13.7. The molecule has 2 rings (SSSR count). The minimum absolute atomic E-state index is 0.216. The number of aliphatic carboxylic acids is 1. The van der Waals surface area contributed by atoms with Gasteiger partial charge in [0, 0.05) is 13.1 Å². The largest absolute Gasteiger partial charge is 0.480 e. The Labute approximate surface area is 140 Å². The fourth-order valence-corrected chi connectivity index (χ4v) is 3.23. The van der Waals surface area contributed by atoms with E-state index in [0.717, 1.165) is 0 Å². The van der Waals surface area contributed by atoms with Crippen LogP contribution in [-0.4, -0.2) is 76.4 Å². The summed E-state index contributed by atoms with van der Waals surface area (Å²) >= 11 is 0. The Kier molecular flexibility index (Phi) is 5.76. The van der Waals surface area contributed by atoms with Gasteiger partial charge in [0.15, 0.2) is 0 Å². The number of nitrogens with one attached hydrogen (secondary N) is 1. The molecular formula is C15H24N4O5. The predicted octanol–water partition coefficient (Wildman–Crippen LogP) is -1.48. The van der Waals surface area contributed by atoms with Crippen LogP contribution >= 0.6 is 0 Å². The number of hydrogen-bond acceptors (Lipinski definition) is 5. The molecule has 0 aliphatic carbocycles. The normalized spacial score (nSPS) is 24.8. The molecule has 3 atom stereocenters. The van der Waals surface area contributed by atoms with Crippen LogP contribution in [0.4, 0.5) is 0 Å². The van der Waals surface area contributed by atoms with E-state index in [4.69, 9.17) is 5.73 Å². The van der Waals surface area contributed by atoms with E-state index < -0.39 is 30.0 Å². The van der Waals surface area contributed by atoms with Crippen LogP contribution < -0.4 is 11.1 Å². The molecule has 3 amide bonds. The number of hydrogen-bond donors (Lipinski definition) is 3. The number of carboxylic acid groups (broad SMARTS) is 1. The SMILES string of the molecule is C[C@H](N)C(=O)NCC(=O)N1CCC[C@H]1C(=O)N1CCC[C@H]1C(=O)O. The standard InChI is InChI=1S/C15H24N4O5/c1-9(16)13(21)17-8-12(20)18-6-2-4-10(18)14(22)19-7-3-5-11(19)15(23)24/h9-11H,2-8,16H2,1H3,(H,17,21)(H,23,24)/t9-,10-,11-/m0/s1. The van der Waals surface area contributed by atoms with E-state index in [1.165, 1.54) is 16.7 Å². The molecule has 24 heavy (non-hydrogen) atoms. The first-order chi connectivity index (χ1) is 11.3. The molecule has 9 heteroatoms. The van der Waals surface area contributed by atoms with Crippen LogP contribution in [0, 0.1) is 0 Å². The van der Waals surface area contributed by atoms with Crippen LogP contribution in [-0.2, 0) is 19.2 Å². The molecule has 0 saturated carbocycles. The Balaban J connectivity index is 1.99. The molecule has 0 bridgehead atoms. The second kappa shape index (κ2) is 7.61. The Morgan fingerprint density at radius 1 is 1.12 bits per heavy atom. The van der Waals surface area contributed by atoms with Crippen LogP contribution in [0.5, 0.6) is 0 Å². The highest BCUT2D eigenvalue weighted by atomic mass is 16.4. The monoisotopic (exact) mass is 340 g/mol. The van der Waals surface area contributed by atoms with Gasteiger partial charge in [-0.1, -0.05) is 0 Å². The van der Waals surface area contributed by atoms with Gasteiger partial charge in [0.2, 0.25) is 17.7 Å². The van der Waals surface area contributed by atoms with Gasteiger partial charge >= 0.3 is 5.97 Å². The van der Waals surface area contributed by atoms with Crippen molar-refractivity contribution in [3.05, 3.63) is 0 Å². The molecule has 0 aromatic heterocycles. The third kappa shape index (κ3) is 3.84. The Morgan fingerprint density at radius 3 is 2.29 bits per heavy atom. The molecule has 0 aromatic rings. The summed E-state index contributed by atoms with van der Waals surface area (Å²) in [5.74, 6) is -2.12. The highest BCUT2D eigenvalue weighted by Gasteiger charge is 2.41. The van der Waals surface area contributed by atoms with E-state index in [2.05, 4.69) is 5.32 Å². The minimum atomic E-state index is -1.01. The number of rotatable bonds is 5. The quantitative estimate of drug-likeness (QED) is 0.559. The van der Waals surface area contributed by atoms with Gasteiger partial charge in [-0.05, 0) is 32.6 Å². The van der Waals surface area contributed by atoms with Crippen molar-refractivity contribution in [2.75, 3.05) is 19.6 Å². The predicted molar refractivity (Wildman–Crippen MR) is 83.8 cm³/mol. The lowest BCUT2D eigenvalue weighted by Crippen LogP contribution is -2.53. The maximum absolute atomic E-state index is 12.7. The molecule has 0 unspecified atom stereocenters. The van der Waals surface area contributed by atoms with Crippen molar-refractivity contribution < 1.29 is 24.3 Å². The zero-order valence-electron chi connectivity index (χ0n) is 13.7. The Morgan fingerprint density at radius 2 is 1.71 bits per heavy atom. The van der Waals surface area contributed by atoms with Crippen LogP contribution in [0.25, 0.3) is 0 Å². The summed E-state index contributed by atoms with van der Waals surface area (Å²) in [4.78, 5) is 50.5. The summed E-state index contributed by atoms with van der Waals surface area (Å²) in [5, 5.41) is 11.7. The third-order valence-corrected chi connectivity index (χ3v) is 4.51. The molecule has 2 heterocycles. The second-order valence-electron chi connectivity index (χ2n) is 6.28. The lowest BCUT2D eigenvalue weighted by molar-refractivity contribution is -0.151. The number of nitrogens with two attached hydrogens (primary N) is 1. The molecule has 2 fully saturated rings. The van der Waals surface area contributed by atoms with Crippen molar-refractivity contribution in [2.45, 2.75) is 50.7 Å². The number of carbonyl (C=O) groups excluding carboxylic acids is 3. The first-order valence-electron chi connectivity index (χ1n) is 8.19. The maximum atomic E-state index is 12.7. The number of likely N-dealkylation sites (tertiary alicyclic amines) is 2. The Bertz CT molecular complexity index is 536. The number of carboxylic acids is 1. The highest BCUT2D eigenvalue weighted by molar-refractivity contribution is 5.93. The maximum Gasteiger partial charge on any atom is 0.326 e. The molecule has 134 valence electrons. The molecule has 0 aromatic carbocycles. The lowest BCUT2D eigenvalue weighted by Gasteiger charge is -2.30. The number of amides is 3. The summed E-state index contributed by atoms with van der Waals surface area (Å²) in [6.45, 7) is 2.12. The van der Waals surface area contributed by atoms with E-state index in [9.17, 15) is 24.3 Å². The van der Waals surface area contributed by atoms with Crippen LogP contribution in [0.15, 0.2) is 0 Å². The molecule has 9 nitrogen and oxygen atoms in total. The highest BCUT2D eigenvalue weighted by Crippen LogP contribution is 2.24. The lowest BCUT2D eigenvalue weighted by atomic mass is 10.1. The fourth-order valence-electron chi connectivity index (χ4n) is 3.23. The molecule has 0 radical (unpaired) electrons. The van der Waals surface area contributed by atoms with Crippen LogP contribution in [0.1, 0.15) is 32.6 Å². The molecule has 2 saturated heterocycles. The summed E-state index contributed by atoms with van der Waals surface area (Å²) in [6, 6.07) is -2.17. The minimum Gasteiger partial charge on any atom is -0.480 e. The molecular weight excluding hydrogens is 316 g/mol. The average Bonchev–Trinajstić information content (AvgIpc) is 3.19. The average molecular weight is 340 g/mol. The molecule has 0 spiro atoms. The van der Waals surface area contributed by atoms with Gasteiger partial charge in [0.05, 0.1) is 12.6 Å². The van der Waals surface area contributed by atoms with Gasteiger partial charge in [-0.15, -0.1) is 0 Å². The van der Waals surface area contributed by atoms with E-state index in [0.29, 0.717) is 38.8 Å². The number of nitrogens with zero attached hydrogens (tertiary/aromatic N) is 2. The summed E-state index contributed by atoms with van der Waals surface area (Å²) < 4.78 is 0. The fraction of sp³-hybridized carbons (Fsp3) is 0.733. The Hall–Kier alpha value is -2.16. The van der Waals surface area contributed by atoms with Crippen molar-refractivity contribution in [3.63, 3.8) is 0 Å². The number of carbonyl (C=O) groups is 4. The van der Waals surface area contributed by atoms with Gasteiger partial charge in [0.25, 0.3) is 0 Å². The third-order valence-electron chi connectivity index (χ3n) is 4.51. The summed E-state index contributed by atoms with van der Waals surface area (Å²) in [7, 11) is 0. The van der Waals surface area contributed by atoms with Crippen molar-refractivity contribution in [2.24, 2.45) is 5.73 Å². The van der Waals surface area contributed by atoms with E-state index >= 15 is 0 Å². The van der Waals surface area contributed by atoms with Crippen molar-refractivity contribution in [3.8, 4) is 0 Å². The van der Waals surface area contributed by atoms with Gasteiger partial charge in [-0.2, -0.15) is 0 Å². The van der Waals surface area contributed by atoms with Gasteiger partial charge in [0.1, 0.15) is 12.1 Å².